The van der Waals surface area contributed by atoms with Crippen molar-refractivity contribution >= 4 is 17.3 Å². The normalized spacial score (nSPS) is 11.1. The zero-order chi connectivity index (χ0) is 20.5. The van der Waals surface area contributed by atoms with Gasteiger partial charge in [0.1, 0.15) is 12.0 Å². The van der Waals surface area contributed by atoms with Gasteiger partial charge >= 0.3 is 0 Å². The molecule has 0 saturated heterocycles. The molecule has 0 unspecified atom stereocenters. The summed E-state index contributed by atoms with van der Waals surface area (Å²) >= 11 is 0. The number of aromatic nitrogens is 2. The van der Waals surface area contributed by atoms with Crippen LogP contribution in [0.2, 0.25) is 0 Å². The first-order valence-electron chi connectivity index (χ1n) is 11.4. The van der Waals surface area contributed by atoms with Gasteiger partial charge in [-0.1, -0.05) is 90.4 Å². The van der Waals surface area contributed by atoms with Crippen molar-refractivity contribution in [3.8, 4) is 0 Å². The zero-order valence-electron chi connectivity index (χ0n) is 18.6. The molecule has 0 aliphatic rings. The topological polar surface area (TPSA) is 79.1 Å². The van der Waals surface area contributed by atoms with Crippen molar-refractivity contribution in [3.05, 3.63) is 6.33 Å². The van der Waals surface area contributed by atoms with E-state index in [0.717, 1.165) is 13.0 Å². The van der Waals surface area contributed by atoms with Crippen molar-refractivity contribution in [2.24, 2.45) is 0 Å². The van der Waals surface area contributed by atoms with E-state index in [4.69, 9.17) is 5.73 Å². The minimum absolute atomic E-state index is 0.571. The van der Waals surface area contributed by atoms with E-state index in [2.05, 4.69) is 27.6 Å². The van der Waals surface area contributed by atoms with Gasteiger partial charge < -0.3 is 16.5 Å². The van der Waals surface area contributed by atoms with Crippen molar-refractivity contribution in [3.63, 3.8) is 0 Å². The molecule has 0 aliphatic carbocycles. The minimum Gasteiger partial charge on any atom is -0.393 e. The molecule has 6 nitrogen and oxygen atoms in total. The van der Waals surface area contributed by atoms with Crippen LogP contribution in [0.15, 0.2) is 6.33 Å². The molecular formula is C22H44N6. The molecule has 1 aromatic heterocycles. The fraction of sp³-hybridized carbons (Fsp3) is 0.818. The van der Waals surface area contributed by atoms with Crippen LogP contribution < -0.4 is 16.5 Å². The molecule has 0 aromatic carbocycles. The molecule has 0 saturated carbocycles. The summed E-state index contributed by atoms with van der Waals surface area (Å²) in [4.78, 5) is 8.42. The van der Waals surface area contributed by atoms with E-state index in [0.29, 0.717) is 17.3 Å². The molecule has 1 rings (SSSR count). The number of hydrogen-bond acceptors (Lipinski definition) is 6. The number of rotatable bonds is 18. The van der Waals surface area contributed by atoms with Gasteiger partial charge in [-0.25, -0.2) is 15.0 Å². The second-order valence-corrected chi connectivity index (χ2v) is 8.01. The summed E-state index contributed by atoms with van der Waals surface area (Å²) in [5, 5.41) is 5.15. The highest BCUT2D eigenvalue weighted by Gasteiger charge is 2.07. The molecule has 0 atom stereocenters. The summed E-state index contributed by atoms with van der Waals surface area (Å²) < 4.78 is 0. The van der Waals surface area contributed by atoms with Gasteiger partial charge in [0.15, 0.2) is 11.6 Å². The summed E-state index contributed by atoms with van der Waals surface area (Å²) in [6.07, 6.45) is 20.8. The van der Waals surface area contributed by atoms with Crippen LogP contribution in [0.5, 0.6) is 0 Å². The lowest BCUT2D eigenvalue weighted by Gasteiger charge is -2.16. The minimum atomic E-state index is 0.571. The van der Waals surface area contributed by atoms with Gasteiger partial charge in [-0.3, -0.25) is 0 Å². The number of unbranched alkanes of at least 4 members (excludes halogenated alkanes) is 13. The first-order valence-corrected chi connectivity index (χ1v) is 11.4. The maximum atomic E-state index is 6.12. The fourth-order valence-electron chi connectivity index (χ4n) is 3.36. The molecular weight excluding hydrogens is 348 g/mol. The predicted octanol–water partition coefficient (Wildman–Crippen LogP) is 5.84. The summed E-state index contributed by atoms with van der Waals surface area (Å²) in [6, 6.07) is 0. The Hall–Kier alpha value is -1.56. The van der Waals surface area contributed by atoms with Gasteiger partial charge in [-0.15, -0.1) is 0 Å². The van der Waals surface area contributed by atoms with Crippen molar-refractivity contribution in [1.82, 2.24) is 15.0 Å². The molecule has 0 amide bonds. The van der Waals surface area contributed by atoms with Crippen LogP contribution in [0.1, 0.15) is 96.8 Å². The highest BCUT2D eigenvalue weighted by Crippen LogP contribution is 2.22. The Balaban J connectivity index is 1.94. The fourth-order valence-corrected chi connectivity index (χ4v) is 3.36. The monoisotopic (exact) mass is 392 g/mol. The van der Waals surface area contributed by atoms with E-state index >= 15 is 0 Å². The molecule has 4 N–H and O–H groups in total. The Kier molecular flexibility index (Phi) is 14.3. The van der Waals surface area contributed by atoms with E-state index in [9.17, 15) is 0 Å². The van der Waals surface area contributed by atoms with Crippen LogP contribution in [0.3, 0.4) is 0 Å². The van der Waals surface area contributed by atoms with Crippen LogP contribution in [0, 0.1) is 0 Å². The standard InChI is InChI=1S/C22H44N6/c1-4-5-6-7-8-9-10-11-12-13-14-15-16-17-18-24-21-20(23)22(26-19-25-21)27-28(2)3/h19H,4-18,23H2,1-3H3,(H2,24,25,26,27). The van der Waals surface area contributed by atoms with Crippen molar-refractivity contribution in [2.45, 2.75) is 96.8 Å². The highest BCUT2D eigenvalue weighted by molar-refractivity contribution is 5.73. The Morgan fingerprint density at radius 3 is 1.71 bits per heavy atom. The highest BCUT2D eigenvalue weighted by atomic mass is 15.5. The van der Waals surface area contributed by atoms with E-state index < -0.39 is 0 Å². The van der Waals surface area contributed by atoms with Crippen LogP contribution in [0.4, 0.5) is 17.3 Å². The largest absolute Gasteiger partial charge is 0.393 e. The third-order valence-electron chi connectivity index (χ3n) is 5.04. The number of hydrazine groups is 1. The van der Waals surface area contributed by atoms with Gasteiger partial charge in [-0.2, -0.15) is 0 Å². The lowest BCUT2D eigenvalue weighted by atomic mass is 10.0. The average Bonchev–Trinajstić information content (AvgIpc) is 2.67. The van der Waals surface area contributed by atoms with Crippen molar-refractivity contribution in [2.75, 3.05) is 37.1 Å². The van der Waals surface area contributed by atoms with E-state index in [-0.39, 0.29) is 0 Å². The molecule has 0 aliphatic heterocycles. The summed E-state index contributed by atoms with van der Waals surface area (Å²) in [6.45, 7) is 3.19. The van der Waals surface area contributed by atoms with Gasteiger partial charge in [-0.05, 0) is 6.42 Å². The van der Waals surface area contributed by atoms with Crippen molar-refractivity contribution < 1.29 is 0 Å². The maximum absolute atomic E-state index is 6.12. The second-order valence-electron chi connectivity index (χ2n) is 8.01. The SMILES string of the molecule is CCCCCCCCCCCCCCCCNc1ncnc(NN(C)C)c1N. The number of nitrogen functional groups attached to an aromatic ring is 1. The summed E-state index contributed by atoms with van der Waals surface area (Å²) in [7, 11) is 3.81. The molecule has 0 fully saturated rings. The molecule has 0 spiro atoms. The predicted molar refractivity (Wildman–Crippen MR) is 123 cm³/mol. The summed E-state index contributed by atoms with van der Waals surface area (Å²) in [5.41, 5.74) is 9.77. The van der Waals surface area contributed by atoms with E-state index in [1.54, 1.807) is 0 Å². The van der Waals surface area contributed by atoms with Crippen LogP contribution in [-0.4, -0.2) is 35.6 Å². The molecule has 1 heterocycles. The molecule has 0 bridgehead atoms. The van der Waals surface area contributed by atoms with E-state index in [1.807, 2.05) is 19.1 Å². The molecule has 162 valence electrons. The quantitative estimate of drug-likeness (QED) is 0.215. The van der Waals surface area contributed by atoms with Crippen molar-refractivity contribution in [1.29, 1.82) is 0 Å². The van der Waals surface area contributed by atoms with Gasteiger partial charge in [0.05, 0.1) is 0 Å². The lowest BCUT2D eigenvalue weighted by molar-refractivity contribution is 0.492. The molecule has 0 radical (unpaired) electrons. The molecule has 1 aromatic rings. The Morgan fingerprint density at radius 1 is 0.750 bits per heavy atom. The molecule has 28 heavy (non-hydrogen) atoms. The van der Waals surface area contributed by atoms with Crippen LogP contribution in [-0.2, 0) is 0 Å². The lowest BCUT2D eigenvalue weighted by Crippen LogP contribution is -2.22. The van der Waals surface area contributed by atoms with Crippen LogP contribution in [0.25, 0.3) is 0 Å². The Bertz CT molecular complexity index is 492. The average molecular weight is 393 g/mol. The number of anilines is 3. The Labute approximate surface area is 173 Å². The smallest absolute Gasteiger partial charge is 0.169 e. The molecule has 6 heteroatoms. The first kappa shape index (κ1) is 24.5. The third kappa shape index (κ3) is 12.0. The maximum Gasteiger partial charge on any atom is 0.169 e. The van der Waals surface area contributed by atoms with Gasteiger partial charge in [0, 0.05) is 20.6 Å². The van der Waals surface area contributed by atoms with Gasteiger partial charge in [0.25, 0.3) is 0 Å². The second kappa shape index (κ2) is 16.4. The summed E-state index contributed by atoms with van der Waals surface area (Å²) in [5.74, 6) is 1.36. The van der Waals surface area contributed by atoms with Crippen LogP contribution >= 0.6 is 0 Å². The number of hydrogen-bond donors (Lipinski definition) is 3. The first-order chi connectivity index (χ1) is 13.6. The third-order valence-corrected chi connectivity index (χ3v) is 5.04. The van der Waals surface area contributed by atoms with E-state index in [1.165, 1.54) is 89.8 Å². The number of nitrogens with zero attached hydrogens (tertiary/aromatic N) is 3. The number of nitrogens with one attached hydrogen (secondary N) is 2. The number of nitrogens with two attached hydrogens (primary N) is 1. The zero-order valence-corrected chi connectivity index (χ0v) is 18.6. The Morgan fingerprint density at radius 2 is 1.21 bits per heavy atom. The van der Waals surface area contributed by atoms with Gasteiger partial charge in [0.2, 0.25) is 0 Å².